The number of nitro groups is 1. The van der Waals surface area contributed by atoms with Crippen LogP contribution in [-0.2, 0) is 13.2 Å². The molecule has 144 valence electrons. The Labute approximate surface area is 176 Å². The molecule has 7 heteroatoms. The van der Waals surface area contributed by atoms with Gasteiger partial charge in [0, 0.05) is 24.4 Å². The van der Waals surface area contributed by atoms with Crippen molar-refractivity contribution in [3.8, 4) is 11.5 Å². The summed E-state index contributed by atoms with van der Waals surface area (Å²) in [4.78, 5) is 10.3. The highest BCUT2D eigenvalue weighted by Gasteiger charge is 2.13. The first kappa shape index (κ1) is 19.9. The average Bonchev–Trinajstić information content (AvgIpc) is 2.72. The maximum Gasteiger partial charge on any atom is 0.269 e. The number of benzene rings is 3. The van der Waals surface area contributed by atoms with Crippen LogP contribution in [-0.4, -0.2) is 12.0 Å². The van der Waals surface area contributed by atoms with Gasteiger partial charge in [0.25, 0.3) is 5.69 Å². The Kier molecular flexibility index (Phi) is 6.70. The van der Waals surface area contributed by atoms with E-state index in [1.807, 2.05) is 42.5 Å². The summed E-state index contributed by atoms with van der Waals surface area (Å²) in [7, 11) is 1.61. The lowest BCUT2D eigenvalue weighted by molar-refractivity contribution is -0.384. The molecule has 3 aromatic carbocycles. The number of para-hydroxylation sites is 1. The third kappa shape index (κ3) is 5.13. The summed E-state index contributed by atoms with van der Waals surface area (Å²) >= 11 is 2.22. The average molecular weight is 490 g/mol. The Bertz CT molecular complexity index is 947. The number of halogens is 1. The molecule has 0 aliphatic heterocycles. The van der Waals surface area contributed by atoms with Crippen molar-refractivity contribution < 1.29 is 14.4 Å². The molecule has 0 saturated carbocycles. The maximum atomic E-state index is 10.7. The number of rotatable bonds is 8. The second-order valence-corrected chi connectivity index (χ2v) is 7.20. The molecule has 0 spiro atoms. The Balaban J connectivity index is 1.69. The van der Waals surface area contributed by atoms with Crippen molar-refractivity contribution in [2.75, 3.05) is 12.4 Å². The van der Waals surface area contributed by atoms with Gasteiger partial charge in [-0.05, 0) is 70.1 Å². The van der Waals surface area contributed by atoms with Crippen LogP contribution in [0.25, 0.3) is 0 Å². The molecule has 0 bridgehead atoms. The maximum absolute atomic E-state index is 10.7. The molecule has 0 unspecified atom stereocenters. The topological polar surface area (TPSA) is 73.6 Å². The van der Waals surface area contributed by atoms with E-state index in [0.717, 1.165) is 20.4 Å². The fraction of sp³-hybridized carbons (Fsp3) is 0.143. The summed E-state index contributed by atoms with van der Waals surface area (Å²) in [6, 6.07) is 20.3. The van der Waals surface area contributed by atoms with Gasteiger partial charge in [-0.15, -0.1) is 0 Å². The zero-order valence-electron chi connectivity index (χ0n) is 15.2. The van der Waals surface area contributed by atoms with Crippen LogP contribution in [0, 0.1) is 13.7 Å². The molecule has 0 heterocycles. The van der Waals surface area contributed by atoms with Crippen LogP contribution >= 0.6 is 22.6 Å². The van der Waals surface area contributed by atoms with Crippen LogP contribution in [0.5, 0.6) is 11.5 Å². The molecule has 0 aliphatic carbocycles. The van der Waals surface area contributed by atoms with Crippen molar-refractivity contribution in [2.24, 2.45) is 0 Å². The fourth-order valence-corrected chi connectivity index (χ4v) is 3.47. The quantitative estimate of drug-likeness (QED) is 0.260. The minimum atomic E-state index is -0.418. The molecule has 3 rings (SSSR count). The lowest BCUT2D eigenvalue weighted by Crippen LogP contribution is -2.03. The standard InChI is InChI=1S/C21H19IN2O4/c1-27-20-12-16(13-23-17-5-3-2-4-6-17)11-19(22)21(20)28-14-15-7-9-18(10-8-15)24(25)26/h2-12,23H,13-14H2,1H3. The Morgan fingerprint density at radius 3 is 2.39 bits per heavy atom. The molecular weight excluding hydrogens is 471 g/mol. The van der Waals surface area contributed by atoms with E-state index in [1.54, 1.807) is 19.2 Å². The number of methoxy groups -OCH3 is 1. The van der Waals surface area contributed by atoms with Gasteiger partial charge in [-0.2, -0.15) is 0 Å². The molecular formula is C21H19IN2O4. The van der Waals surface area contributed by atoms with Gasteiger partial charge < -0.3 is 14.8 Å². The van der Waals surface area contributed by atoms with E-state index in [0.29, 0.717) is 24.7 Å². The van der Waals surface area contributed by atoms with Crippen LogP contribution in [0.1, 0.15) is 11.1 Å². The third-order valence-electron chi connectivity index (χ3n) is 4.09. The number of hydrogen-bond acceptors (Lipinski definition) is 5. The van der Waals surface area contributed by atoms with Crippen LogP contribution in [0.4, 0.5) is 11.4 Å². The number of nitrogens with zero attached hydrogens (tertiary/aromatic N) is 1. The number of anilines is 1. The van der Waals surface area contributed by atoms with Gasteiger partial charge in [0.05, 0.1) is 15.6 Å². The SMILES string of the molecule is COc1cc(CNc2ccccc2)cc(I)c1OCc1ccc([N+](=O)[O-])cc1. The van der Waals surface area contributed by atoms with E-state index in [1.165, 1.54) is 12.1 Å². The predicted molar refractivity (Wildman–Crippen MR) is 117 cm³/mol. The normalized spacial score (nSPS) is 10.4. The highest BCUT2D eigenvalue weighted by atomic mass is 127. The smallest absolute Gasteiger partial charge is 0.269 e. The van der Waals surface area contributed by atoms with E-state index in [4.69, 9.17) is 9.47 Å². The van der Waals surface area contributed by atoms with E-state index in [9.17, 15) is 10.1 Å². The van der Waals surface area contributed by atoms with Crippen LogP contribution in [0.2, 0.25) is 0 Å². The Hall–Kier alpha value is -2.81. The minimum absolute atomic E-state index is 0.0613. The number of ether oxygens (including phenoxy) is 2. The van der Waals surface area contributed by atoms with Gasteiger partial charge in [0.15, 0.2) is 11.5 Å². The Morgan fingerprint density at radius 2 is 1.75 bits per heavy atom. The number of hydrogen-bond donors (Lipinski definition) is 1. The van der Waals surface area contributed by atoms with E-state index in [-0.39, 0.29) is 5.69 Å². The molecule has 0 radical (unpaired) electrons. The van der Waals surface area contributed by atoms with Gasteiger partial charge in [-0.1, -0.05) is 18.2 Å². The first-order chi connectivity index (χ1) is 13.6. The van der Waals surface area contributed by atoms with Crippen molar-refractivity contribution in [3.63, 3.8) is 0 Å². The lowest BCUT2D eigenvalue weighted by Gasteiger charge is -2.15. The zero-order valence-corrected chi connectivity index (χ0v) is 17.4. The fourth-order valence-electron chi connectivity index (χ4n) is 2.64. The molecule has 0 aromatic heterocycles. The van der Waals surface area contributed by atoms with E-state index >= 15 is 0 Å². The number of nitrogens with one attached hydrogen (secondary N) is 1. The molecule has 0 atom stereocenters. The van der Waals surface area contributed by atoms with Gasteiger partial charge >= 0.3 is 0 Å². The monoisotopic (exact) mass is 490 g/mol. The minimum Gasteiger partial charge on any atom is -0.493 e. The second-order valence-electron chi connectivity index (χ2n) is 6.04. The molecule has 0 aliphatic rings. The summed E-state index contributed by atoms with van der Waals surface area (Å²) in [5.41, 5.74) is 3.03. The molecule has 6 nitrogen and oxygen atoms in total. The third-order valence-corrected chi connectivity index (χ3v) is 4.89. The van der Waals surface area contributed by atoms with Crippen molar-refractivity contribution in [1.82, 2.24) is 0 Å². The number of non-ortho nitro benzene ring substituents is 1. The first-order valence-corrected chi connectivity index (χ1v) is 9.66. The molecule has 0 fully saturated rings. The summed E-state index contributed by atoms with van der Waals surface area (Å²) in [5, 5.41) is 14.1. The second kappa shape index (κ2) is 9.41. The molecule has 0 saturated heterocycles. The summed E-state index contributed by atoms with van der Waals surface area (Å²) in [6.07, 6.45) is 0. The van der Waals surface area contributed by atoms with Crippen molar-refractivity contribution in [2.45, 2.75) is 13.2 Å². The van der Waals surface area contributed by atoms with Gasteiger partial charge in [-0.25, -0.2) is 0 Å². The van der Waals surface area contributed by atoms with Gasteiger partial charge in [-0.3, -0.25) is 10.1 Å². The van der Waals surface area contributed by atoms with Crippen LogP contribution < -0.4 is 14.8 Å². The highest BCUT2D eigenvalue weighted by Crippen LogP contribution is 2.35. The molecule has 28 heavy (non-hydrogen) atoms. The lowest BCUT2D eigenvalue weighted by atomic mass is 10.2. The molecule has 1 N–H and O–H groups in total. The Morgan fingerprint density at radius 1 is 1.04 bits per heavy atom. The van der Waals surface area contributed by atoms with E-state index in [2.05, 4.69) is 27.9 Å². The van der Waals surface area contributed by atoms with Gasteiger partial charge in [0.2, 0.25) is 0 Å². The predicted octanol–water partition coefficient (Wildman–Crippen LogP) is 5.40. The summed E-state index contributed by atoms with van der Waals surface area (Å²) in [5.74, 6) is 1.31. The van der Waals surface area contributed by atoms with Crippen molar-refractivity contribution >= 4 is 34.0 Å². The largest absolute Gasteiger partial charge is 0.493 e. The number of nitro benzene ring substituents is 1. The van der Waals surface area contributed by atoms with E-state index < -0.39 is 4.92 Å². The summed E-state index contributed by atoms with van der Waals surface area (Å²) < 4.78 is 12.4. The van der Waals surface area contributed by atoms with Crippen LogP contribution in [0.15, 0.2) is 66.7 Å². The first-order valence-electron chi connectivity index (χ1n) is 8.58. The van der Waals surface area contributed by atoms with Gasteiger partial charge in [0.1, 0.15) is 6.61 Å². The highest BCUT2D eigenvalue weighted by molar-refractivity contribution is 14.1. The molecule has 3 aromatic rings. The van der Waals surface area contributed by atoms with Crippen LogP contribution in [0.3, 0.4) is 0 Å². The van der Waals surface area contributed by atoms with Crippen molar-refractivity contribution in [1.29, 1.82) is 0 Å². The zero-order chi connectivity index (χ0) is 19.9. The van der Waals surface area contributed by atoms with Crippen molar-refractivity contribution in [3.05, 3.63) is 91.5 Å². The summed E-state index contributed by atoms with van der Waals surface area (Å²) in [6.45, 7) is 0.963. The molecule has 0 amide bonds.